The monoisotopic (exact) mass is 322 g/mol. The van der Waals surface area contributed by atoms with Crippen LogP contribution in [0, 0.1) is 0 Å². The first-order valence-corrected chi connectivity index (χ1v) is 8.33. The molecule has 4 nitrogen and oxygen atoms in total. The average molecular weight is 322 g/mol. The summed E-state index contributed by atoms with van der Waals surface area (Å²) >= 11 is 0. The van der Waals surface area contributed by atoms with E-state index in [-0.39, 0.29) is 29.7 Å². The van der Waals surface area contributed by atoms with E-state index in [1.54, 1.807) is 0 Å². The topological polar surface area (TPSA) is 72.2 Å². The lowest BCUT2D eigenvalue weighted by Crippen LogP contribution is -2.42. The van der Waals surface area contributed by atoms with Crippen LogP contribution < -0.4 is 11.1 Å². The number of ketones is 1. The number of hydrogen-bond donors (Lipinski definition) is 2. The summed E-state index contributed by atoms with van der Waals surface area (Å²) in [5, 5.41) is 3.07. The molecule has 1 heterocycles. The zero-order valence-corrected chi connectivity index (χ0v) is 13.5. The third kappa shape index (κ3) is 3.71. The van der Waals surface area contributed by atoms with Gasteiger partial charge in [-0.3, -0.25) is 14.9 Å². The first-order valence-electron chi connectivity index (χ1n) is 8.33. The van der Waals surface area contributed by atoms with Crippen molar-refractivity contribution in [2.45, 2.75) is 37.3 Å². The lowest BCUT2D eigenvalue weighted by atomic mass is 9.85. The Morgan fingerprint density at radius 2 is 1.42 bits per heavy atom. The Morgan fingerprint density at radius 3 is 1.88 bits per heavy atom. The van der Waals surface area contributed by atoms with Crippen LogP contribution in [0.1, 0.15) is 36.3 Å². The summed E-state index contributed by atoms with van der Waals surface area (Å²) in [6.45, 7) is 0. The van der Waals surface area contributed by atoms with E-state index in [1.165, 1.54) is 0 Å². The molecule has 24 heavy (non-hydrogen) atoms. The van der Waals surface area contributed by atoms with Crippen molar-refractivity contribution < 1.29 is 9.59 Å². The smallest absolute Gasteiger partial charge is 0.234 e. The van der Waals surface area contributed by atoms with Crippen LogP contribution in [0.4, 0.5) is 0 Å². The lowest BCUT2D eigenvalue weighted by molar-refractivity contribution is -0.121. The van der Waals surface area contributed by atoms with Gasteiger partial charge in [0.2, 0.25) is 5.91 Å². The number of benzene rings is 2. The maximum atomic E-state index is 12.8. The van der Waals surface area contributed by atoms with E-state index in [2.05, 4.69) is 29.6 Å². The Hall–Kier alpha value is -2.46. The molecule has 0 aromatic heterocycles. The van der Waals surface area contributed by atoms with Crippen molar-refractivity contribution in [2.24, 2.45) is 5.73 Å². The van der Waals surface area contributed by atoms with E-state index in [0.717, 1.165) is 11.1 Å². The fraction of sp³-hybridized carbons (Fsp3) is 0.300. The minimum absolute atomic E-state index is 0.0225. The van der Waals surface area contributed by atoms with E-state index < -0.39 is 0 Å². The molecule has 1 aliphatic rings. The van der Waals surface area contributed by atoms with E-state index in [0.29, 0.717) is 19.3 Å². The predicted molar refractivity (Wildman–Crippen MR) is 93.5 cm³/mol. The summed E-state index contributed by atoms with van der Waals surface area (Å²) in [5.41, 5.74) is 7.58. The van der Waals surface area contributed by atoms with Gasteiger partial charge in [0, 0.05) is 12.3 Å². The van der Waals surface area contributed by atoms with Crippen LogP contribution in [0.2, 0.25) is 0 Å². The van der Waals surface area contributed by atoms with Crippen LogP contribution in [0.3, 0.4) is 0 Å². The summed E-state index contributed by atoms with van der Waals surface area (Å²) < 4.78 is 0. The zero-order valence-electron chi connectivity index (χ0n) is 13.5. The highest BCUT2D eigenvalue weighted by atomic mass is 16.1. The zero-order chi connectivity index (χ0) is 16.9. The van der Waals surface area contributed by atoms with E-state index in [9.17, 15) is 9.59 Å². The number of Topliss-reactive ketones (excluding diaryl/α,β-unsaturated/α-hetero) is 1. The van der Waals surface area contributed by atoms with Gasteiger partial charge in [-0.25, -0.2) is 0 Å². The van der Waals surface area contributed by atoms with Gasteiger partial charge in [0.05, 0.1) is 12.1 Å². The maximum absolute atomic E-state index is 12.8. The van der Waals surface area contributed by atoms with Crippen molar-refractivity contribution in [3.63, 3.8) is 0 Å². The molecule has 0 spiro atoms. The molecule has 1 amide bonds. The number of primary amides is 1. The summed E-state index contributed by atoms with van der Waals surface area (Å²) in [7, 11) is 0. The van der Waals surface area contributed by atoms with Crippen molar-refractivity contribution in [3.05, 3.63) is 71.8 Å². The Bertz CT molecular complexity index is 661. The van der Waals surface area contributed by atoms with Crippen molar-refractivity contribution >= 4 is 11.7 Å². The molecule has 1 saturated heterocycles. The minimum Gasteiger partial charge on any atom is -0.368 e. The maximum Gasteiger partial charge on any atom is 0.234 e. The van der Waals surface area contributed by atoms with Crippen LogP contribution in [0.5, 0.6) is 0 Å². The molecule has 3 N–H and O–H groups in total. The number of carbonyl (C=O) groups excluding carboxylic acids is 2. The second-order valence-electron chi connectivity index (χ2n) is 6.30. The van der Waals surface area contributed by atoms with E-state index >= 15 is 0 Å². The quantitative estimate of drug-likeness (QED) is 0.858. The summed E-state index contributed by atoms with van der Waals surface area (Å²) in [4.78, 5) is 24.0. The van der Waals surface area contributed by atoms with Gasteiger partial charge in [-0.1, -0.05) is 60.7 Å². The normalized spacial score (nSPS) is 20.2. The first-order chi connectivity index (χ1) is 11.6. The van der Waals surface area contributed by atoms with Gasteiger partial charge in [0.15, 0.2) is 5.78 Å². The molecule has 2 aromatic carbocycles. The van der Waals surface area contributed by atoms with Crippen molar-refractivity contribution in [1.29, 1.82) is 0 Å². The van der Waals surface area contributed by atoms with Gasteiger partial charge in [-0.15, -0.1) is 0 Å². The Balaban J connectivity index is 1.78. The SMILES string of the molecule is NC(=O)C1CCC(C(=O)CC(c2ccccc2)c2ccccc2)N1. The predicted octanol–water partition coefficient (Wildman–Crippen LogP) is 2.38. The molecule has 124 valence electrons. The lowest BCUT2D eigenvalue weighted by Gasteiger charge is -2.20. The third-order valence-electron chi connectivity index (χ3n) is 4.69. The number of rotatable bonds is 6. The number of nitrogens with one attached hydrogen (secondary N) is 1. The van der Waals surface area contributed by atoms with Crippen molar-refractivity contribution in [2.75, 3.05) is 0 Å². The number of carbonyl (C=O) groups is 2. The van der Waals surface area contributed by atoms with Crippen LogP contribution in [0.15, 0.2) is 60.7 Å². The van der Waals surface area contributed by atoms with Crippen LogP contribution in [-0.2, 0) is 9.59 Å². The van der Waals surface area contributed by atoms with Gasteiger partial charge >= 0.3 is 0 Å². The molecule has 1 fully saturated rings. The van der Waals surface area contributed by atoms with E-state index in [1.807, 2.05) is 36.4 Å². The van der Waals surface area contributed by atoms with Gasteiger partial charge in [0.1, 0.15) is 0 Å². The Morgan fingerprint density at radius 1 is 0.917 bits per heavy atom. The summed E-state index contributed by atoms with van der Waals surface area (Å²) in [6.07, 6.45) is 1.72. The molecule has 2 unspecified atom stereocenters. The fourth-order valence-corrected chi connectivity index (χ4v) is 3.36. The molecule has 0 radical (unpaired) electrons. The average Bonchev–Trinajstić information content (AvgIpc) is 3.11. The van der Waals surface area contributed by atoms with E-state index in [4.69, 9.17) is 5.73 Å². The summed E-state index contributed by atoms with van der Waals surface area (Å²) in [6, 6.07) is 19.5. The number of nitrogens with two attached hydrogens (primary N) is 1. The van der Waals surface area contributed by atoms with Gasteiger partial charge in [-0.05, 0) is 24.0 Å². The molecular formula is C20H22N2O2. The number of amides is 1. The molecule has 0 aliphatic carbocycles. The van der Waals surface area contributed by atoms with Crippen molar-refractivity contribution in [1.82, 2.24) is 5.32 Å². The second-order valence-corrected chi connectivity index (χ2v) is 6.30. The Labute approximate surface area is 142 Å². The van der Waals surface area contributed by atoms with Crippen molar-refractivity contribution in [3.8, 4) is 0 Å². The second kappa shape index (κ2) is 7.41. The molecule has 0 bridgehead atoms. The molecule has 2 atom stereocenters. The highest BCUT2D eigenvalue weighted by Crippen LogP contribution is 2.29. The first kappa shape index (κ1) is 16.4. The fourth-order valence-electron chi connectivity index (χ4n) is 3.36. The molecule has 2 aromatic rings. The Kier molecular flexibility index (Phi) is 5.06. The highest BCUT2D eigenvalue weighted by molar-refractivity contribution is 5.88. The summed E-state index contributed by atoms with van der Waals surface area (Å²) in [5.74, 6) is -0.223. The molecule has 3 rings (SSSR count). The molecule has 4 heteroatoms. The molecular weight excluding hydrogens is 300 g/mol. The minimum atomic E-state index is -0.383. The van der Waals surface area contributed by atoms with Gasteiger partial charge in [0.25, 0.3) is 0 Å². The van der Waals surface area contributed by atoms with Crippen LogP contribution in [0.25, 0.3) is 0 Å². The van der Waals surface area contributed by atoms with Gasteiger partial charge in [-0.2, -0.15) is 0 Å². The largest absolute Gasteiger partial charge is 0.368 e. The number of hydrogen-bond acceptors (Lipinski definition) is 3. The van der Waals surface area contributed by atoms with Gasteiger partial charge < -0.3 is 5.73 Å². The highest BCUT2D eigenvalue weighted by Gasteiger charge is 2.33. The molecule has 1 aliphatic heterocycles. The van der Waals surface area contributed by atoms with Crippen LogP contribution in [-0.4, -0.2) is 23.8 Å². The third-order valence-corrected chi connectivity index (χ3v) is 4.69. The standard InChI is InChI=1S/C20H22N2O2/c21-20(24)18-12-11-17(22-18)19(23)13-16(14-7-3-1-4-8-14)15-9-5-2-6-10-15/h1-10,16-18,22H,11-13H2,(H2,21,24). The molecule has 0 saturated carbocycles. The van der Waals surface area contributed by atoms with Crippen LogP contribution >= 0.6 is 0 Å².